The molecule has 0 radical (unpaired) electrons. The molecule has 3 N–H and O–H groups in total. The fourth-order valence-corrected chi connectivity index (χ4v) is 2.49. The molecular weight excluding hydrogens is 216 g/mol. The molecule has 0 aliphatic heterocycles. The van der Waals surface area contributed by atoms with Crippen molar-refractivity contribution in [3.8, 4) is 0 Å². The second-order valence-corrected chi connectivity index (χ2v) is 5.43. The van der Waals surface area contributed by atoms with Crippen molar-refractivity contribution in [3.63, 3.8) is 0 Å². The lowest BCUT2D eigenvalue weighted by Gasteiger charge is -2.13. The van der Waals surface area contributed by atoms with Gasteiger partial charge in [-0.3, -0.25) is 0 Å². The van der Waals surface area contributed by atoms with Crippen LogP contribution in [0, 0.1) is 0 Å². The van der Waals surface area contributed by atoms with Crippen LogP contribution in [0.5, 0.6) is 0 Å². The minimum absolute atomic E-state index is 0.596. The average Bonchev–Trinajstić information content (AvgIpc) is 2.67. The highest BCUT2D eigenvalue weighted by Gasteiger charge is 2.04. The summed E-state index contributed by atoms with van der Waals surface area (Å²) in [5, 5.41) is 5.59. The first-order valence-corrected chi connectivity index (χ1v) is 7.17. The van der Waals surface area contributed by atoms with Gasteiger partial charge in [0.05, 0.1) is 0 Å². The molecule has 1 aromatic heterocycles. The number of nitrogens with one attached hydrogen (secondary N) is 1. The lowest BCUT2D eigenvalue weighted by molar-refractivity contribution is 0.485. The zero-order chi connectivity index (χ0) is 11.8. The van der Waals surface area contributed by atoms with Crippen molar-refractivity contribution >= 4 is 17.0 Å². The van der Waals surface area contributed by atoms with Crippen LogP contribution in [0.1, 0.15) is 50.8 Å². The summed E-state index contributed by atoms with van der Waals surface area (Å²) in [7, 11) is 0. The lowest BCUT2D eigenvalue weighted by atomic mass is 10.1. The summed E-state index contributed by atoms with van der Waals surface area (Å²) in [4.78, 5) is 1.26. The molecule has 0 amide bonds. The summed E-state index contributed by atoms with van der Waals surface area (Å²) in [5.74, 6) is 0. The van der Waals surface area contributed by atoms with Crippen molar-refractivity contribution in [1.82, 2.24) is 5.32 Å². The quantitative estimate of drug-likeness (QED) is 0.679. The zero-order valence-electron chi connectivity index (χ0n) is 10.5. The van der Waals surface area contributed by atoms with Crippen LogP contribution < -0.4 is 11.1 Å². The van der Waals surface area contributed by atoms with Crippen LogP contribution in [-0.4, -0.2) is 6.04 Å². The predicted octanol–water partition coefficient (Wildman–Crippen LogP) is 3.78. The van der Waals surface area contributed by atoms with Crippen LogP contribution in [0.3, 0.4) is 0 Å². The summed E-state index contributed by atoms with van der Waals surface area (Å²) >= 11 is 1.74. The lowest BCUT2D eigenvalue weighted by Crippen LogP contribution is -2.25. The number of hydrogen-bond donors (Lipinski definition) is 2. The van der Waals surface area contributed by atoms with E-state index in [1.165, 1.54) is 37.0 Å². The van der Waals surface area contributed by atoms with Gasteiger partial charge in [-0.05, 0) is 24.8 Å². The van der Waals surface area contributed by atoms with Crippen LogP contribution in [0.25, 0.3) is 0 Å². The molecule has 0 aliphatic carbocycles. The number of hydrogen-bond acceptors (Lipinski definition) is 3. The molecule has 0 saturated carbocycles. The van der Waals surface area contributed by atoms with Crippen molar-refractivity contribution in [2.45, 2.75) is 58.5 Å². The molecule has 2 nitrogen and oxygen atoms in total. The molecule has 0 fully saturated rings. The van der Waals surface area contributed by atoms with Crippen molar-refractivity contribution in [1.29, 1.82) is 0 Å². The van der Waals surface area contributed by atoms with Gasteiger partial charge in [-0.25, -0.2) is 0 Å². The Labute approximate surface area is 103 Å². The number of thiophene rings is 1. The number of unbranched alkanes of at least 4 members (excludes halogenated alkanes) is 3. The maximum Gasteiger partial charge on any atom is 0.0468 e. The van der Waals surface area contributed by atoms with E-state index in [1.807, 2.05) is 6.07 Å². The van der Waals surface area contributed by atoms with Crippen molar-refractivity contribution in [3.05, 3.63) is 16.3 Å². The second kappa shape index (κ2) is 7.69. The normalized spacial score (nSPS) is 12.9. The fraction of sp³-hybridized carbons (Fsp3) is 0.692. The van der Waals surface area contributed by atoms with Crippen LogP contribution in [-0.2, 0) is 6.54 Å². The van der Waals surface area contributed by atoms with E-state index in [0.717, 1.165) is 12.2 Å². The summed E-state index contributed by atoms with van der Waals surface area (Å²) in [6.07, 6.45) is 6.65. The molecule has 0 aliphatic rings. The first-order chi connectivity index (χ1) is 7.74. The Bertz CT molecular complexity index is 283. The molecule has 0 bridgehead atoms. The Morgan fingerprint density at radius 3 is 2.81 bits per heavy atom. The topological polar surface area (TPSA) is 38.0 Å². The van der Waals surface area contributed by atoms with E-state index < -0.39 is 0 Å². The Hall–Kier alpha value is -0.540. The predicted molar refractivity (Wildman–Crippen MR) is 73.8 cm³/mol. The highest BCUT2D eigenvalue weighted by molar-refractivity contribution is 7.10. The van der Waals surface area contributed by atoms with E-state index in [-0.39, 0.29) is 0 Å². The van der Waals surface area contributed by atoms with Gasteiger partial charge in [-0.2, -0.15) is 0 Å². The summed E-state index contributed by atoms with van der Waals surface area (Å²) in [6, 6.07) is 2.58. The van der Waals surface area contributed by atoms with Gasteiger partial charge in [-0.15, -0.1) is 11.3 Å². The Balaban J connectivity index is 2.10. The molecule has 1 atom stereocenters. The van der Waals surface area contributed by atoms with E-state index in [0.29, 0.717) is 6.04 Å². The first-order valence-electron chi connectivity index (χ1n) is 6.29. The van der Waals surface area contributed by atoms with E-state index >= 15 is 0 Å². The van der Waals surface area contributed by atoms with Gasteiger partial charge in [0.25, 0.3) is 0 Å². The van der Waals surface area contributed by atoms with Gasteiger partial charge in [-0.1, -0.05) is 32.6 Å². The molecule has 1 aromatic rings. The van der Waals surface area contributed by atoms with Gasteiger partial charge in [0, 0.05) is 23.2 Å². The minimum atomic E-state index is 0.596. The van der Waals surface area contributed by atoms with E-state index in [1.54, 1.807) is 11.3 Å². The Morgan fingerprint density at radius 2 is 2.19 bits per heavy atom. The maximum absolute atomic E-state index is 5.84. The maximum atomic E-state index is 5.84. The molecule has 0 spiro atoms. The van der Waals surface area contributed by atoms with E-state index in [9.17, 15) is 0 Å². The summed E-state index contributed by atoms with van der Waals surface area (Å²) in [5.41, 5.74) is 6.76. The fourth-order valence-electron chi connectivity index (χ4n) is 1.74. The molecule has 0 saturated heterocycles. The highest BCUT2D eigenvalue weighted by atomic mass is 32.1. The molecule has 16 heavy (non-hydrogen) atoms. The molecule has 92 valence electrons. The monoisotopic (exact) mass is 240 g/mol. The van der Waals surface area contributed by atoms with Crippen LogP contribution in [0.4, 0.5) is 5.69 Å². The summed E-state index contributed by atoms with van der Waals surface area (Å²) < 4.78 is 0. The Kier molecular flexibility index (Phi) is 6.50. The average molecular weight is 240 g/mol. The van der Waals surface area contributed by atoms with Gasteiger partial charge in [0.1, 0.15) is 0 Å². The number of nitrogens with two attached hydrogens (primary N) is 1. The molecular formula is C13H24N2S. The third-order valence-corrected chi connectivity index (χ3v) is 3.82. The summed E-state index contributed by atoms with van der Waals surface area (Å²) in [6.45, 7) is 5.43. The van der Waals surface area contributed by atoms with Gasteiger partial charge >= 0.3 is 0 Å². The van der Waals surface area contributed by atoms with E-state index in [2.05, 4.69) is 24.5 Å². The second-order valence-electron chi connectivity index (χ2n) is 4.43. The molecule has 0 aromatic carbocycles. The largest absolute Gasteiger partial charge is 0.398 e. The number of nitrogen functional groups attached to an aromatic ring is 1. The zero-order valence-corrected chi connectivity index (χ0v) is 11.3. The third-order valence-electron chi connectivity index (χ3n) is 2.88. The molecule has 3 heteroatoms. The molecule has 1 heterocycles. The highest BCUT2D eigenvalue weighted by Crippen LogP contribution is 2.18. The third kappa shape index (κ3) is 4.99. The van der Waals surface area contributed by atoms with Gasteiger partial charge < -0.3 is 11.1 Å². The minimum Gasteiger partial charge on any atom is -0.398 e. The smallest absolute Gasteiger partial charge is 0.0468 e. The first kappa shape index (κ1) is 13.5. The van der Waals surface area contributed by atoms with E-state index in [4.69, 9.17) is 5.73 Å². The Morgan fingerprint density at radius 1 is 1.38 bits per heavy atom. The number of anilines is 1. The van der Waals surface area contributed by atoms with Gasteiger partial charge in [0.2, 0.25) is 0 Å². The van der Waals surface area contributed by atoms with Crippen LogP contribution in [0.2, 0.25) is 0 Å². The van der Waals surface area contributed by atoms with Crippen LogP contribution in [0.15, 0.2) is 11.4 Å². The molecule has 1 unspecified atom stereocenters. The van der Waals surface area contributed by atoms with Gasteiger partial charge in [0.15, 0.2) is 0 Å². The SMILES string of the molecule is CCCCCCC(C)NCc1sccc1N. The standard InChI is InChI=1S/C13H24N2S/c1-3-4-5-6-7-11(2)15-10-13-12(14)8-9-16-13/h8-9,11,15H,3-7,10,14H2,1-2H3. The van der Waals surface area contributed by atoms with Crippen molar-refractivity contribution in [2.24, 2.45) is 0 Å². The van der Waals surface area contributed by atoms with Crippen molar-refractivity contribution < 1.29 is 0 Å². The van der Waals surface area contributed by atoms with Crippen LogP contribution >= 0.6 is 11.3 Å². The van der Waals surface area contributed by atoms with Crippen molar-refractivity contribution in [2.75, 3.05) is 5.73 Å². The molecule has 1 rings (SSSR count). The number of rotatable bonds is 8.